The van der Waals surface area contributed by atoms with E-state index in [1.165, 1.54) is 18.4 Å². The van der Waals surface area contributed by atoms with Crippen molar-refractivity contribution in [2.45, 2.75) is 45.9 Å². The zero-order valence-corrected chi connectivity index (χ0v) is 10.7. The van der Waals surface area contributed by atoms with Crippen molar-refractivity contribution >= 4 is 11.6 Å². The summed E-state index contributed by atoms with van der Waals surface area (Å²) in [4.78, 5) is 0. The Hall–Kier alpha value is -0.0100. The molecule has 14 heavy (non-hydrogen) atoms. The second-order valence-corrected chi connectivity index (χ2v) is 4.59. The Bertz CT molecular complexity index is 158. The van der Waals surface area contributed by atoms with E-state index >= 15 is 0 Å². The molecule has 1 atom stereocenters. The van der Waals surface area contributed by atoms with Gasteiger partial charge < -0.3 is 5.32 Å². The summed E-state index contributed by atoms with van der Waals surface area (Å²) in [7, 11) is 0. The summed E-state index contributed by atoms with van der Waals surface area (Å²) in [6.07, 6.45) is 4.54. The zero-order chi connectivity index (χ0) is 11.0. The first kappa shape index (κ1) is 14.0. The molecule has 1 unspecified atom stereocenters. The fourth-order valence-corrected chi connectivity index (χ4v) is 1.93. The number of allylic oxidation sites excluding steroid dienone is 1. The van der Waals surface area contributed by atoms with Crippen molar-refractivity contribution in [3.63, 3.8) is 0 Å². The maximum absolute atomic E-state index is 6.28. The van der Waals surface area contributed by atoms with E-state index in [4.69, 9.17) is 11.6 Å². The third-order valence-corrected chi connectivity index (χ3v) is 3.06. The largest absolute Gasteiger partial charge is 0.312 e. The molecule has 0 spiro atoms. The van der Waals surface area contributed by atoms with Crippen LogP contribution in [0.3, 0.4) is 0 Å². The Morgan fingerprint density at radius 1 is 1.29 bits per heavy atom. The van der Waals surface area contributed by atoms with Gasteiger partial charge in [-0.05, 0) is 19.8 Å². The molecule has 0 saturated heterocycles. The Kier molecular flexibility index (Phi) is 8.30. The third-order valence-electron chi connectivity index (χ3n) is 2.55. The first-order valence-corrected chi connectivity index (χ1v) is 6.03. The van der Waals surface area contributed by atoms with E-state index in [2.05, 4.69) is 39.1 Å². The molecule has 0 amide bonds. The minimum Gasteiger partial charge on any atom is -0.312 e. The van der Waals surface area contributed by atoms with Crippen LogP contribution in [0.2, 0.25) is 0 Å². The molecule has 0 saturated carbocycles. The highest BCUT2D eigenvalue weighted by Crippen LogP contribution is 2.17. The fourth-order valence-electron chi connectivity index (χ4n) is 1.46. The topological polar surface area (TPSA) is 12.0 Å². The van der Waals surface area contributed by atoms with Crippen LogP contribution in [0.5, 0.6) is 0 Å². The van der Waals surface area contributed by atoms with E-state index < -0.39 is 0 Å². The summed E-state index contributed by atoms with van der Waals surface area (Å²) in [6, 6.07) is 0. The van der Waals surface area contributed by atoms with Crippen molar-refractivity contribution in [3.05, 3.63) is 11.6 Å². The van der Waals surface area contributed by atoms with Gasteiger partial charge in [0.1, 0.15) is 0 Å². The SMILES string of the molecule is CCC(CC)C(Cl)CNCC=C(C)C. The molecule has 0 aliphatic heterocycles. The first-order valence-electron chi connectivity index (χ1n) is 5.59. The van der Waals surface area contributed by atoms with E-state index in [-0.39, 0.29) is 5.38 Å². The normalized spacial score (nSPS) is 13.0. The van der Waals surface area contributed by atoms with E-state index in [0.717, 1.165) is 13.1 Å². The Morgan fingerprint density at radius 3 is 2.29 bits per heavy atom. The van der Waals surface area contributed by atoms with Gasteiger partial charge in [-0.25, -0.2) is 0 Å². The molecule has 0 bridgehead atoms. The predicted octanol–water partition coefficient (Wildman–Crippen LogP) is 3.59. The molecule has 1 N–H and O–H groups in total. The van der Waals surface area contributed by atoms with E-state index in [1.807, 2.05) is 0 Å². The van der Waals surface area contributed by atoms with Crippen LogP contribution in [0.25, 0.3) is 0 Å². The van der Waals surface area contributed by atoms with Crippen molar-refractivity contribution in [3.8, 4) is 0 Å². The molecule has 0 fully saturated rings. The van der Waals surface area contributed by atoms with Gasteiger partial charge in [0.05, 0.1) is 0 Å². The van der Waals surface area contributed by atoms with Crippen molar-refractivity contribution in [2.75, 3.05) is 13.1 Å². The number of hydrogen-bond donors (Lipinski definition) is 1. The summed E-state index contributed by atoms with van der Waals surface area (Å²) < 4.78 is 0. The summed E-state index contributed by atoms with van der Waals surface area (Å²) >= 11 is 6.28. The summed E-state index contributed by atoms with van der Waals surface area (Å²) in [5.41, 5.74) is 1.35. The summed E-state index contributed by atoms with van der Waals surface area (Å²) in [5.74, 6) is 0.649. The van der Waals surface area contributed by atoms with Gasteiger partial charge >= 0.3 is 0 Å². The summed E-state index contributed by atoms with van der Waals surface area (Å²) in [6.45, 7) is 10.5. The highest BCUT2D eigenvalue weighted by molar-refractivity contribution is 6.21. The van der Waals surface area contributed by atoms with E-state index in [9.17, 15) is 0 Å². The van der Waals surface area contributed by atoms with Crippen molar-refractivity contribution in [1.29, 1.82) is 0 Å². The number of alkyl halides is 1. The second kappa shape index (κ2) is 8.31. The van der Waals surface area contributed by atoms with Crippen LogP contribution in [0.15, 0.2) is 11.6 Å². The second-order valence-electron chi connectivity index (χ2n) is 4.03. The van der Waals surface area contributed by atoms with Gasteiger partial charge in [0, 0.05) is 18.5 Å². The van der Waals surface area contributed by atoms with Crippen LogP contribution in [0, 0.1) is 5.92 Å². The lowest BCUT2D eigenvalue weighted by atomic mass is 9.99. The lowest BCUT2D eigenvalue weighted by Gasteiger charge is -2.19. The number of nitrogens with one attached hydrogen (secondary N) is 1. The standard InChI is InChI=1S/C12H24ClN/c1-5-11(6-2)12(13)9-14-8-7-10(3)4/h7,11-12,14H,5-6,8-9H2,1-4H3. The number of halogens is 1. The van der Waals surface area contributed by atoms with Crippen LogP contribution in [-0.4, -0.2) is 18.5 Å². The third kappa shape index (κ3) is 6.44. The lowest BCUT2D eigenvalue weighted by Crippen LogP contribution is -2.28. The minimum atomic E-state index is 0.274. The molecule has 1 nitrogen and oxygen atoms in total. The molecular weight excluding hydrogens is 194 g/mol. The quantitative estimate of drug-likeness (QED) is 0.391. The van der Waals surface area contributed by atoms with Gasteiger partial charge in [-0.2, -0.15) is 0 Å². The molecule has 0 rings (SSSR count). The van der Waals surface area contributed by atoms with E-state index in [0.29, 0.717) is 5.92 Å². The number of hydrogen-bond acceptors (Lipinski definition) is 1. The number of rotatable bonds is 7. The maximum Gasteiger partial charge on any atom is 0.0488 e. The zero-order valence-electron chi connectivity index (χ0n) is 9.94. The average Bonchev–Trinajstić information content (AvgIpc) is 2.14. The van der Waals surface area contributed by atoms with Crippen molar-refractivity contribution < 1.29 is 0 Å². The monoisotopic (exact) mass is 217 g/mol. The predicted molar refractivity (Wildman–Crippen MR) is 66.0 cm³/mol. The van der Waals surface area contributed by atoms with Gasteiger partial charge in [-0.3, -0.25) is 0 Å². The van der Waals surface area contributed by atoms with Crippen LogP contribution in [0.4, 0.5) is 0 Å². The molecule has 0 aromatic rings. The highest BCUT2D eigenvalue weighted by Gasteiger charge is 2.14. The molecular formula is C12H24ClN. The molecule has 0 aliphatic carbocycles. The Balaban J connectivity index is 3.62. The molecule has 0 aliphatic rings. The fraction of sp³-hybridized carbons (Fsp3) is 0.833. The molecule has 2 heteroatoms. The van der Waals surface area contributed by atoms with Gasteiger partial charge in [0.2, 0.25) is 0 Å². The van der Waals surface area contributed by atoms with Crippen LogP contribution >= 0.6 is 11.6 Å². The van der Waals surface area contributed by atoms with Crippen LogP contribution < -0.4 is 5.32 Å². The Labute approximate surface area is 93.9 Å². The van der Waals surface area contributed by atoms with Gasteiger partial charge in [0.15, 0.2) is 0 Å². The lowest BCUT2D eigenvalue weighted by molar-refractivity contribution is 0.451. The van der Waals surface area contributed by atoms with E-state index in [1.54, 1.807) is 0 Å². The van der Waals surface area contributed by atoms with Crippen molar-refractivity contribution in [1.82, 2.24) is 5.32 Å². The highest BCUT2D eigenvalue weighted by atomic mass is 35.5. The van der Waals surface area contributed by atoms with Gasteiger partial charge in [-0.1, -0.05) is 38.3 Å². The van der Waals surface area contributed by atoms with Gasteiger partial charge in [-0.15, -0.1) is 11.6 Å². The Morgan fingerprint density at radius 2 is 1.86 bits per heavy atom. The minimum absolute atomic E-state index is 0.274. The molecule has 0 radical (unpaired) electrons. The molecule has 84 valence electrons. The molecule has 0 aromatic carbocycles. The molecule has 0 heterocycles. The molecule has 0 aromatic heterocycles. The smallest absolute Gasteiger partial charge is 0.0488 e. The first-order chi connectivity index (χ1) is 6.61. The van der Waals surface area contributed by atoms with Crippen LogP contribution in [0.1, 0.15) is 40.5 Å². The summed E-state index contributed by atoms with van der Waals surface area (Å²) in [5, 5.41) is 3.63. The van der Waals surface area contributed by atoms with Crippen molar-refractivity contribution in [2.24, 2.45) is 5.92 Å². The van der Waals surface area contributed by atoms with Gasteiger partial charge in [0.25, 0.3) is 0 Å². The average molecular weight is 218 g/mol. The van der Waals surface area contributed by atoms with Crippen LogP contribution in [-0.2, 0) is 0 Å². The maximum atomic E-state index is 6.28.